The number of amides is 1. The summed E-state index contributed by atoms with van der Waals surface area (Å²) in [6.07, 6.45) is 6.75. The summed E-state index contributed by atoms with van der Waals surface area (Å²) in [5, 5.41) is 6.46. The minimum absolute atomic E-state index is 0. The van der Waals surface area contributed by atoms with Gasteiger partial charge in [0.15, 0.2) is 0 Å². The molecule has 94 valence electrons. The molecule has 0 aromatic rings. The van der Waals surface area contributed by atoms with Crippen LogP contribution in [0, 0.1) is 5.41 Å². The van der Waals surface area contributed by atoms with Gasteiger partial charge in [-0.2, -0.15) is 0 Å². The number of carbonyl (C=O) groups excluding carboxylic acids is 1. The highest BCUT2D eigenvalue weighted by atomic mass is 35.5. The fourth-order valence-corrected chi connectivity index (χ4v) is 2.10. The van der Waals surface area contributed by atoms with Crippen molar-refractivity contribution >= 4 is 18.3 Å². The standard InChI is InChI=1S/C12H22N2O.ClH/c1-12(6-7-12)9-14-11(15)5-4-10-3-2-8-13-10;/h10,13H,2-9H2,1H3,(H,14,15);1H. The molecule has 2 rings (SSSR count). The second kappa shape index (κ2) is 5.87. The Hall–Kier alpha value is -0.280. The molecular formula is C12H23ClN2O. The Morgan fingerprint density at radius 2 is 2.25 bits per heavy atom. The Morgan fingerprint density at radius 3 is 2.81 bits per heavy atom. The van der Waals surface area contributed by atoms with Crippen molar-refractivity contribution in [3.63, 3.8) is 0 Å². The van der Waals surface area contributed by atoms with Crippen molar-refractivity contribution in [1.82, 2.24) is 10.6 Å². The van der Waals surface area contributed by atoms with Gasteiger partial charge in [0.25, 0.3) is 0 Å². The first kappa shape index (κ1) is 13.8. The van der Waals surface area contributed by atoms with Crippen LogP contribution in [0.5, 0.6) is 0 Å². The SMILES string of the molecule is CC1(CNC(=O)CCC2CCCN2)CC1.Cl. The highest BCUT2D eigenvalue weighted by Crippen LogP contribution is 2.44. The first-order valence-corrected chi connectivity index (χ1v) is 6.18. The molecule has 4 heteroatoms. The van der Waals surface area contributed by atoms with E-state index in [0.717, 1.165) is 19.5 Å². The molecule has 0 spiro atoms. The van der Waals surface area contributed by atoms with Gasteiger partial charge in [0.2, 0.25) is 5.91 Å². The lowest BCUT2D eigenvalue weighted by atomic mass is 10.1. The van der Waals surface area contributed by atoms with Crippen LogP contribution in [0.25, 0.3) is 0 Å². The third kappa shape index (κ3) is 4.30. The maximum Gasteiger partial charge on any atom is 0.220 e. The van der Waals surface area contributed by atoms with E-state index in [2.05, 4.69) is 17.6 Å². The Bertz CT molecular complexity index is 235. The summed E-state index contributed by atoms with van der Waals surface area (Å²) < 4.78 is 0. The average Bonchev–Trinajstić information content (AvgIpc) is 2.77. The molecular weight excluding hydrogens is 224 g/mol. The predicted molar refractivity (Wildman–Crippen MR) is 67.9 cm³/mol. The number of carbonyl (C=O) groups is 1. The summed E-state index contributed by atoms with van der Waals surface area (Å²) in [6.45, 7) is 4.25. The van der Waals surface area contributed by atoms with Gasteiger partial charge >= 0.3 is 0 Å². The van der Waals surface area contributed by atoms with Gasteiger partial charge in [0, 0.05) is 19.0 Å². The van der Waals surface area contributed by atoms with Gasteiger partial charge in [0.1, 0.15) is 0 Å². The van der Waals surface area contributed by atoms with Gasteiger partial charge in [-0.15, -0.1) is 12.4 Å². The molecule has 2 aliphatic rings. The average molecular weight is 247 g/mol. The van der Waals surface area contributed by atoms with Gasteiger partial charge in [0.05, 0.1) is 0 Å². The van der Waals surface area contributed by atoms with Crippen molar-refractivity contribution in [3.8, 4) is 0 Å². The number of nitrogens with one attached hydrogen (secondary N) is 2. The molecule has 1 amide bonds. The van der Waals surface area contributed by atoms with Crippen LogP contribution in [0.1, 0.15) is 45.4 Å². The maximum absolute atomic E-state index is 11.5. The van der Waals surface area contributed by atoms with Crippen molar-refractivity contribution < 1.29 is 4.79 Å². The Kier molecular flexibility index (Phi) is 5.06. The third-order valence-electron chi connectivity index (χ3n) is 3.70. The molecule has 1 saturated carbocycles. The summed E-state index contributed by atoms with van der Waals surface area (Å²) in [5.74, 6) is 0.233. The number of hydrogen-bond donors (Lipinski definition) is 2. The molecule has 2 N–H and O–H groups in total. The van der Waals surface area contributed by atoms with Crippen LogP contribution in [0.4, 0.5) is 0 Å². The van der Waals surface area contributed by atoms with Crippen LogP contribution in [-0.4, -0.2) is 25.0 Å². The van der Waals surface area contributed by atoms with E-state index in [1.165, 1.54) is 25.7 Å². The number of halogens is 1. The van der Waals surface area contributed by atoms with Crippen LogP contribution in [0.3, 0.4) is 0 Å². The zero-order chi connectivity index (χ0) is 10.7. The number of hydrogen-bond acceptors (Lipinski definition) is 2. The fraction of sp³-hybridized carbons (Fsp3) is 0.917. The quantitative estimate of drug-likeness (QED) is 0.778. The summed E-state index contributed by atoms with van der Waals surface area (Å²) in [5.41, 5.74) is 0.432. The van der Waals surface area contributed by atoms with E-state index in [1.807, 2.05) is 0 Å². The largest absolute Gasteiger partial charge is 0.356 e. The molecule has 0 aromatic carbocycles. The molecule has 1 heterocycles. The molecule has 16 heavy (non-hydrogen) atoms. The van der Waals surface area contributed by atoms with Crippen LogP contribution in [0.15, 0.2) is 0 Å². The van der Waals surface area contributed by atoms with E-state index in [4.69, 9.17) is 0 Å². The molecule has 0 radical (unpaired) electrons. The number of rotatable bonds is 5. The van der Waals surface area contributed by atoms with Gasteiger partial charge in [-0.1, -0.05) is 6.92 Å². The summed E-state index contributed by atoms with van der Waals surface area (Å²) in [7, 11) is 0. The molecule has 1 saturated heterocycles. The van der Waals surface area contributed by atoms with Crippen molar-refractivity contribution in [3.05, 3.63) is 0 Å². The highest BCUT2D eigenvalue weighted by molar-refractivity contribution is 5.85. The Balaban J connectivity index is 0.00000128. The smallest absolute Gasteiger partial charge is 0.220 e. The van der Waals surface area contributed by atoms with Crippen molar-refractivity contribution in [2.45, 2.75) is 51.5 Å². The summed E-state index contributed by atoms with van der Waals surface area (Å²) in [4.78, 5) is 11.5. The molecule has 3 nitrogen and oxygen atoms in total. The molecule has 1 atom stereocenters. The topological polar surface area (TPSA) is 41.1 Å². The normalized spacial score (nSPS) is 25.9. The molecule has 1 unspecified atom stereocenters. The summed E-state index contributed by atoms with van der Waals surface area (Å²) in [6, 6.07) is 0.590. The Morgan fingerprint density at radius 1 is 1.50 bits per heavy atom. The molecule has 0 bridgehead atoms. The van der Waals surface area contributed by atoms with Gasteiger partial charge in [-0.05, 0) is 44.1 Å². The molecule has 1 aliphatic heterocycles. The second-order valence-electron chi connectivity index (χ2n) is 5.42. The van der Waals surface area contributed by atoms with Crippen LogP contribution < -0.4 is 10.6 Å². The molecule has 1 aliphatic carbocycles. The minimum atomic E-state index is 0. The maximum atomic E-state index is 11.5. The van der Waals surface area contributed by atoms with E-state index in [1.54, 1.807) is 0 Å². The minimum Gasteiger partial charge on any atom is -0.356 e. The first-order valence-electron chi connectivity index (χ1n) is 6.18. The van der Waals surface area contributed by atoms with Crippen molar-refractivity contribution in [2.24, 2.45) is 5.41 Å². The van der Waals surface area contributed by atoms with E-state index in [0.29, 0.717) is 17.9 Å². The van der Waals surface area contributed by atoms with Crippen molar-refractivity contribution in [1.29, 1.82) is 0 Å². The fourth-order valence-electron chi connectivity index (χ4n) is 2.10. The summed E-state index contributed by atoms with van der Waals surface area (Å²) >= 11 is 0. The lowest BCUT2D eigenvalue weighted by Crippen LogP contribution is -2.30. The monoisotopic (exact) mass is 246 g/mol. The van der Waals surface area contributed by atoms with E-state index in [-0.39, 0.29) is 18.3 Å². The molecule has 2 fully saturated rings. The van der Waals surface area contributed by atoms with Gasteiger partial charge < -0.3 is 10.6 Å². The lowest BCUT2D eigenvalue weighted by Gasteiger charge is -2.12. The predicted octanol–water partition coefficient (Wildman–Crippen LogP) is 1.86. The Labute approximate surface area is 104 Å². The van der Waals surface area contributed by atoms with Crippen molar-refractivity contribution in [2.75, 3.05) is 13.1 Å². The van der Waals surface area contributed by atoms with Crippen LogP contribution >= 0.6 is 12.4 Å². The zero-order valence-corrected chi connectivity index (χ0v) is 10.9. The third-order valence-corrected chi connectivity index (χ3v) is 3.70. The molecule has 0 aromatic heterocycles. The highest BCUT2D eigenvalue weighted by Gasteiger charge is 2.37. The van der Waals surface area contributed by atoms with E-state index in [9.17, 15) is 4.79 Å². The van der Waals surface area contributed by atoms with E-state index < -0.39 is 0 Å². The van der Waals surface area contributed by atoms with Gasteiger partial charge in [-0.25, -0.2) is 0 Å². The van der Waals surface area contributed by atoms with Crippen LogP contribution in [0.2, 0.25) is 0 Å². The zero-order valence-electron chi connectivity index (χ0n) is 10.1. The first-order chi connectivity index (χ1) is 7.18. The lowest BCUT2D eigenvalue weighted by molar-refractivity contribution is -0.121. The van der Waals surface area contributed by atoms with E-state index >= 15 is 0 Å². The second-order valence-corrected chi connectivity index (χ2v) is 5.42. The van der Waals surface area contributed by atoms with Gasteiger partial charge in [-0.3, -0.25) is 4.79 Å². The van der Waals surface area contributed by atoms with Crippen LogP contribution in [-0.2, 0) is 4.79 Å².